The Morgan fingerprint density at radius 3 is 2.88 bits per heavy atom. The number of anilines is 1. The number of aryl methyl sites for hydroxylation is 1. The van der Waals surface area contributed by atoms with Gasteiger partial charge in [0.1, 0.15) is 11.9 Å². The summed E-state index contributed by atoms with van der Waals surface area (Å²) in [5, 5.41) is 9.99. The van der Waals surface area contributed by atoms with E-state index < -0.39 is 0 Å². The molecule has 0 aliphatic heterocycles. The van der Waals surface area contributed by atoms with Crippen LogP contribution < -0.4 is 5.32 Å². The SMILES string of the molecule is CSCC[C@H](C(=O)Nc1n[nH]c(CCC2CCCC2)n1)n1cccc1. The van der Waals surface area contributed by atoms with Crippen LogP contribution in [0.15, 0.2) is 24.5 Å². The van der Waals surface area contributed by atoms with Gasteiger partial charge in [-0.15, -0.1) is 5.10 Å². The molecule has 0 bridgehead atoms. The molecule has 0 unspecified atom stereocenters. The van der Waals surface area contributed by atoms with Gasteiger partial charge in [0.05, 0.1) is 0 Å². The molecule has 2 aromatic heterocycles. The lowest BCUT2D eigenvalue weighted by molar-refractivity contribution is -0.119. The Hall–Kier alpha value is -1.76. The molecule has 1 aliphatic carbocycles. The molecular formula is C18H27N5OS. The van der Waals surface area contributed by atoms with Crippen LogP contribution in [0, 0.1) is 5.92 Å². The van der Waals surface area contributed by atoms with Crippen LogP contribution in [-0.4, -0.2) is 37.7 Å². The first kappa shape index (κ1) is 18.0. The highest BCUT2D eigenvalue weighted by molar-refractivity contribution is 7.98. The van der Waals surface area contributed by atoms with Crippen molar-refractivity contribution in [3.05, 3.63) is 30.4 Å². The first-order valence-electron chi connectivity index (χ1n) is 9.10. The van der Waals surface area contributed by atoms with Gasteiger partial charge in [0, 0.05) is 18.8 Å². The molecule has 1 saturated carbocycles. The Bertz CT molecular complexity index is 648. The van der Waals surface area contributed by atoms with Gasteiger partial charge < -0.3 is 4.57 Å². The molecule has 1 fully saturated rings. The van der Waals surface area contributed by atoms with Crippen molar-refractivity contribution in [2.45, 2.75) is 51.0 Å². The number of carbonyl (C=O) groups excluding carboxylic acids is 1. The van der Waals surface area contributed by atoms with Gasteiger partial charge in [-0.3, -0.25) is 15.2 Å². The van der Waals surface area contributed by atoms with Crippen LogP contribution in [0.1, 0.15) is 50.4 Å². The topological polar surface area (TPSA) is 75.6 Å². The van der Waals surface area contributed by atoms with E-state index in [1.807, 2.05) is 29.1 Å². The number of rotatable bonds is 9. The number of nitrogens with one attached hydrogen (secondary N) is 2. The van der Waals surface area contributed by atoms with Crippen molar-refractivity contribution in [1.29, 1.82) is 0 Å². The predicted molar refractivity (Wildman–Crippen MR) is 102 cm³/mol. The second kappa shape index (κ2) is 9.08. The standard InChI is InChI=1S/C18H27N5OS/c1-25-13-10-15(23-11-4-5-12-23)17(24)20-18-19-16(21-22-18)9-8-14-6-2-3-7-14/h4-5,11-12,14-15H,2-3,6-10,13H2,1H3,(H2,19,20,21,22,24)/t15-/m1/s1. The highest BCUT2D eigenvalue weighted by Crippen LogP contribution is 2.28. The molecule has 7 heteroatoms. The van der Waals surface area contributed by atoms with E-state index in [-0.39, 0.29) is 11.9 Å². The maximum absolute atomic E-state index is 12.7. The Kier molecular flexibility index (Phi) is 6.55. The van der Waals surface area contributed by atoms with Crippen molar-refractivity contribution < 1.29 is 4.79 Å². The van der Waals surface area contributed by atoms with E-state index >= 15 is 0 Å². The highest BCUT2D eigenvalue weighted by atomic mass is 32.2. The van der Waals surface area contributed by atoms with E-state index in [1.165, 1.54) is 25.7 Å². The van der Waals surface area contributed by atoms with Gasteiger partial charge in [0.2, 0.25) is 11.9 Å². The lowest BCUT2D eigenvalue weighted by Gasteiger charge is -2.17. The summed E-state index contributed by atoms with van der Waals surface area (Å²) in [7, 11) is 0. The Morgan fingerprint density at radius 2 is 2.16 bits per heavy atom. The highest BCUT2D eigenvalue weighted by Gasteiger charge is 2.21. The number of carbonyl (C=O) groups is 1. The molecule has 2 heterocycles. The zero-order chi connectivity index (χ0) is 17.5. The van der Waals surface area contributed by atoms with Crippen molar-refractivity contribution in [3.8, 4) is 0 Å². The van der Waals surface area contributed by atoms with Crippen LogP contribution in [0.3, 0.4) is 0 Å². The van der Waals surface area contributed by atoms with Crippen molar-refractivity contribution in [1.82, 2.24) is 19.7 Å². The van der Waals surface area contributed by atoms with Gasteiger partial charge in [-0.25, -0.2) is 0 Å². The van der Waals surface area contributed by atoms with E-state index in [2.05, 4.69) is 26.8 Å². The minimum Gasteiger partial charge on any atom is -0.342 e. The lowest BCUT2D eigenvalue weighted by Crippen LogP contribution is -2.26. The lowest BCUT2D eigenvalue weighted by atomic mass is 10.0. The molecule has 6 nitrogen and oxygen atoms in total. The van der Waals surface area contributed by atoms with Gasteiger partial charge in [-0.05, 0) is 42.9 Å². The molecule has 25 heavy (non-hydrogen) atoms. The molecule has 0 aromatic carbocycles. The molecule has 0 spiro atoms. The van der Waals surface area contributed by atoms with Gasteiger partial charge in [0.25, 0.3) is 0 Å². The number of aromatic amines is 1. The fourth-order valence-electron chi connectivity index (χ4n) is 3.50. The van der Waals surface area contributed by atoms with E-state index in [0.717, 1.165) is 36.8 Å². The van der Waals surface area contributed by atoms with Gasteiger partial charge in [-0.1, -0.05) is 25.7 Å². The van der Waals surface area contributed by atoms with Crippen molar-refractivity contribution in [3.63, 3.8) is 0 Å². The first-order valence-corrected chi connectivity index (χ1v) is 10.5. The molecule has 136 valence electrons. The van der Waals surface area contributed by atoms with Gasteiger partial charge >= 0.3 is 0 Å². The number of hydrogen-bond donors (Lipinski definition) is 2. The van der Waals surface area contributed by atoms with Crippen molar-refractivity contribution in [2.75, 3.05) is 17.3 Å². The van der Waals surface area contributed by atoms with Gasteiger partial charge in [-0.2, -0.15) is 16.7 Å². The Balaban J connectivity index is 1.55. The molecule has 1 aliphatic rings. The molecule has 1 atom stereocenters. The third kappa shape index (κ3) is 5.11. The van der Waals surface area contributed by atoms with E-state index in [0.29, 0.717) is 5.95 Å². The summed E-state index contributed by atoms with van der Waals surface area (Å²) in [5.74, 6) is 2.94. The van der Waals surface area contributed by atoms with Gasteiger partial charge in [0.15, 0.2) is 0 Å². The third-order valence-corrected chi connectivity index (χ3v) is 5.56. The quantitative estimate of drug-likeness (QED) is 0.715. The fourth-order valence-corrected chi connectivity index (χ4v) is 3.96. The monoisotopic (exact) mass is 361 g/mol. The minimum atomic E-state index is -0.233. The minimum absolute atomic E-state index is 0.0633. The number of H-pyrrole nitrogens is 1. The van der Waals surface area contributed by atoms with Crippen LogP contribution in [0.4, 0.5) is 5.95 Å². The normalized spacial score (nSPS) is 16.2. The van der Waals surface area contributed by atoms with E-state index in [1.54, 1.807) is 11.8 Å². The average molecular weight is 362 g/mol. The summed E-state index contributed by atoms with van der Waals surface area (Å²) in [6.07, 6.45) is 14.1. The summed E-state index contributed by atoms with van der Waals surface area (Å²) in [6, 6.07) is 3.64. The molecule has 0 radical (unpaired) electrons. The zero-order valence-corrected chi connectivity index (χ0v) is 15.6. The summed E-state index contributed by atoms with van der Waals surface area (Å²) in [4.78, 5) is 17.1. The number of nitrogens with zero attached hydrogens (tertiary/aromatic N) is 3. The number of thioether (sulfide) groups is 1. The molecule has 2 aromatic rings. The first-order chi connectivity index (χ1) is 12.3. The van der Waals surface area contributed by atoms with Crippen molar-refractivity contribution in [2.24, 2.45) is 5.92 Å². The third-order valence-electron chi connectivity index (χ3n) is 4.92. The molecule has 0 saturated heterocycles. The van der Waals surface area contributed by atoms with E-state index in [4.69, 9.17) is 0 Å². The van der Waals surface area contributed by atoms with Crippen LogP contribution in [-0.2, 0) is 11.2 Å². The average Bonchev–Trinajstić information content (AvgIpc) is 3.36. The van der Waals surface area contributed by atoms with Crippen LogP contribution in [0.2, 0.25) is 0 Å². The number of hydrogen-bond acceptors (Lipinski definition) is 4. The smallest absolute Gasteiger partial charge is 0.249 e. The summed E-state index contributed by atoms with van der Waals surface area (Å²) in [5.41, 5.74) is 0. The maximum atomic E-state index is 12.7. The van der Waals surface area contributed by atoms with Crippen LogP contribution >= 0.6 is 11.8 Å². The summed E-state index contributed by atoms with van der Waals surface area (Å²) < 4.78 is 1.94. The number of aromatic nitrogens is 4. The molecular weight excluding hydrogens is 334 g/mol. The van der Waals surface area contributed by atoms with E-state index in [9.17, 15) is 4.79 Å². The second-order valence-electron chi connectivity index (χ2n) is 6.71. The summed E-state index contributed by atoms with van der Waals surface area (Å²) in [6.45, 7) is 0. The molecule has 2 N–H and O–H groups in total. The zero-order valence-electron chi connectivity index (χ0n) is 14.8. The summed E-state index contributed by atoms with van der Waals surface area (Å²) >= 11 is 1.74. The number of amides is 1. The Morgan fingerprint density at radius 1 is 1.40 bits per heavy atom. The largest absolute Gasteiger partial charge is 0.342 e. The van der Waals surface area contributed by atoms with Crippen molar-refractivity contribution >= 4 is 23.6 Å². The molecule has 3 rings (SSSR count). The second-order valence-corrected chi connectivity index (χ2v) is 7.70. The van der Waals surface area contributed by atoms with Crippen LogP contribution in [0.5, 0.6) is 0 Å². The maximum Gasteiger partial charge on any atom is 0.249 e. The fraction of sp³-hybridized carbons (Fsp3) is 0.611. The molecule has 1 amide bonds. The Labute approximate surface area is 153 Å². The predicted octanol–water partition coefficient (Wildman–Crippen LogP) is 3.66. The van der Waals surface area contributed by atoms with Crippen LogP contribution in [0.25, 0.3) is 0 Å².